The molecule has 2 fully saturated rings. The molecule has 2 aliphatic rings. The molecule has 0 bridgehead atoms. The van der Waals surface area contributed by atoms with Crippen LogP contribution >= 0.6 is 0 Å². The Morgan fingerprint density at radius 2 is 1.62 bits per heavy atom. The van der Waals surface area contributed by atoms with E-state index in [4.69, 9.17) is 9.47 Å². The van der Waals surface area contributed by atoms with E-state index in [1.165, 1.54) is 50.6 Å². The van der Waals surface area contributed by atoms with Crippen LogP contribution in [0.4, 0.5) is 0 Å². The van der Waals surface area contributed by atoms with Gasteiger partial charge in [-0.1, -0.05) is 61.2 Å². The van der Waals surface area contributed by atoms with Gasteiger partial charge < -0.3 is 14.4 Å². The van der Waals surface area contributed by atoms with Gasteiger partial charge in [0.2, 0.25) is 0 Å². The number of carbonyl (C=O) groups excluding carboxylic acids is 1. The first-order valence-electron chi connectivity index (χ1n) is 15.5. The van der Waals surface area contributed by atoms with Crippen LogP contribution < -0.4 is 9.47 Å². The van der Waals surface area contributed by atoms with Gasteiger partial charge in [0, 0.05) is 31.2 Å². The predicted octanol–water partition coefficient (Wildman–Crippen LogP) is 7.85. The maximum absolute atomic E-state index is 14.2. The largest absolute Gasteiger partial charge is 0.487 e. The molecule has 2 aromatic rings. The van der Waals surface area contributed by atoms with Gasteiger partial charge in [-0.05, 0) is 96.5 Å². The van der Waals surface area contributed by atoms with E-state index >= 15 is 0 Å². The average molecular weight is 547 g/mol. The monoisotopic (exact) mass is 546 g/mol. The van der Waals surface area contributed by atoms with Gasteiger partial charge in [-0.15, -0.1) is 0 Å². The van der Waals surface area contributed by atoms with E-state index in [1.54, 1.807) is 0 Å². The van der Waals surface area contributed by atoms with E-state index in [1.807, 2.05) is 52.0 Å². The molecule has 40 heavy (non-hydrogen) atoms. The molecule has 218 valence electrons. The van der Waals surface area contributed by atoms with Crippen molar-refractivity contribution in [1.29, 1.82) is 0 Å². The van der Waals surface area contributed by atoms with E-state index < -0.39 is 0 Å². The smallest absolute Gasteiger partial charge is 0.254 e. The molecule has 5 heteroatoms. The van der Waals surface area contributed by atoms with Crippen LogP contribution in [0.15, 0.2) is 54.1 Å². The highest BCUT2D eigenvalue weighted by atomic mass is 16.5. The van der Waals surface area contributed by atoms with E-state index in [2.05, 4.69) is 47.1 Å². The summed E-state index contributed by atoms with van der Waals surface area (Å²) in [6, 6.07) is 16.4. The number of amides is 1. The molecule has 1 aliphatic carbocycles. The lowest BCUT2D eigenvalue weighted by Crippen LogP contribution is -2.45. The van der Waals surface area contributed by atoms with Crippen molar-refractivity contribution in [2.24, 2.45) is 5.92 Å². The van der Waals surface area contributed by atoms with Gasteiger partial charge in [0.15, 0.2) is 11.5 Å². The van der Waals surface area contributed by atoms with Gasteiger partial charge in [-0.25, -0.2) is 0 Å². The number of carbonyl (C=O) groups is 1. The first-order chi connectivity index (χ1) is 19.3. The maximum atomic E-state index is 14.2. The molecule has 0 spiro atoms. The van der Waals surface area contributed by atoms with Gasteiger partial charge in [-0.2, -0.15) is 0 Å². The normalized spacial score (nSPS) is 18.9. The topological polar surface area (TPSA) is 42.0 Å². The van der Waals surface area contributed by atoms with Gasteiger partial charge in [0.25, 0.3) is 5.91 Å². The number of rotatable bonds is 12. The van der Waals surface area contributed by atoms with Crippen molar-refractivity contribution < 1.29 is 14.3 Å². The van der Waals surface area contributed by atoms with Gasteiger partial charge >= 0.3 is 0 Å². The lowest BCUT2D eigenvalue weighted by molar-refractivity contribution is 0.0709. The second-order valence-corrected chi connectivity index (χ2v) is 12.4. The molecule has 0 aromatic heterocycles. The van der Waals surface area contributed by atoms with Crippen LogP contribution in [-0.4, -0.2) is 60.1 Å². The molecule has 1 saturated carbocycles. The van der Waals surface area contributed by atoms with E-state index in [0.717, 1.165) is 31.0 Å². The first-order valence-corrected chi connectivity index (χ1v) is 15.5. The van der Waals surface area contributed by atoms with Crippen molar-refractivity contribution in [3.8, 4) is 11.5 Å². The van der Waals surface area contributed by atoms with Crippen LogP contribution in [0.5, 0.6) is 11.5 Å². The summed E-state index contributed by atoms with van der Waals surface area (Å²) in [6.07, 6.45) is 11.4. The van der Waals surface area contributed by atoms with Crippen LogP contribution in [0.25, 0.3) is 6.08 Å². The summed E-state index contributed by atoms with van der Waals surface area (Å²) in [7, 11) is 0. The Morgan fingerprint density at radius 3 is 2.33 bits per heavy atom. The Kier molecular flexibility index (Phi) is 11.1. The van der Waals surface area contributed by atoms with Gasteiger partial charge in [0.05, 0.1) is 12.2 Å². The van der Waals surface area contributed by atoms with E-state index in [0.29, 0.717) is 29.6 Å². The molecular weight excluding hydrogens is 496 g/mol. The number of benzene rings is 2. The van der Waals surface area contributed by atoms with Gasteiger partial charge in [-0.3, -0.25) is 9.69 Å². The number of hydrogen-bond donors (Lipinski definition) is 0. The third-order valence-corrected chi connectivity index (χ3v) is 8.00. The minimum Gasteiger partial charge on any atom is -0.487 e. The molecule has 5 nitrogen and oxygen atoms in total. The molecule has 0 N–H and O–H groups in total. The van der Waals surface area contributed by atoms with Crippen LogP contribution in [0.3, 0.4) is 0 Å². The predicted molar refractivity (Wildman–Crippen MR) is 165 cm³/mol. The Bertz CT molecular complexity index is 1100. The molecule has 1 atom stereocenters. The molecule has 1 amide bonds. The van der Waals surface area contributed by atoms with Crippen molar-refractivity contribution in [3.63, 3.8) is 0 Å². The fraction of sp³-hybridized carbons (Fsp3) is 0.571. The number of likely N-dealkylation sites (tertiary alicyclic amines) is 1. The Morgan fingerprint density at radius 1 is 0.925 bits per heavy atom. The fourth-order valence-corrected chi connectivity index (χ4v) is 6.22. The molecule has 1 saturated heterocycles. The summed E-state index contributed by atoms with van der Waals surface area (Å²) in [6.45, 7) is 13.8. The summed E-state index contributed by atoms with van der Waals surface area (Å²) >= 11 is 0. The van der Waals surface area contributed by atoms with Crippen molar-refractivity contribution in [3.05, 3.63) is 65.2 Å². The Balaban J connectivity index is 1.57. The van der Waals surface area contributed by atoms with E-state index in [-0.39, 0.29) is 18.1 Å². The summed E-state index contributed by atoms with van der Waals surface area (Å²) in [4.78, 5) is 18.9. The molecule has 1 heterocycles. The van der Waals surface area contributed by atoms with Crippen molar-refractivity contribution >= 4 is 12.0 Å². The Labute approximate surface area is 242 Å². The number of ether oxygens (including phenoxy) is 2. The second-order valence-electron chi connectivity index (χ2n) is 12.4. The quantitative estimate of drug-likeness (QED) is 0.272. The van der Waals surface area contributed by atoms with E-state index in [9.17, 15) is 4.79 Å². The van der Waals surface area contributed by atoms with Crippen molar-refractivity contribution in [1.82, 2.24) is 9.80 Å². The summed E-state index contributed by atoms with van der Waals surface area (Å²) < 4.78 is 12.1. The lowest BCUT2D eigenvalue weighted by atomic mass is 9.89. The average Bonchev–Trinajstić information content (AvgIpc) is 3.35. The molecule has 1 aliphatic heterocycles. The summed E-state index contributed by atoms with van der Waals surface area (Å²) in [5.41, 5.74) is 2.99. The van der Waals surface area contributed by atoms with Crippen molar-refractivity contribution in [2.75, 3.05) is 26.2 Å². The van der Waals surface area contributed by atoms with Crippen LogP contribution in [-0.2, 0) is 0 Å². The number of nitrogens with zero attached hydrogens (tertiary/aromatic N) is 2. The summed E-state index contributed by atoms with van der Waals surface area (Å²) in [5, 5.41) is 0. The SMILES string of the molecule is CC(=Cc1ccccc1)CN(C[C@@H]1CCCN1CC1CCCCC1)C(=O)c1ccc(OC(C)C)c(OC(C)C)c1. The minimum atomic E-state index is -0.0150. The van der Waals surface area contributed by atoms with Crippen LogP contribution in [0.1, 0.15) is 95.5 Å². The van der Waals surface area contributed by atoms with Gasteiger partial charge in [0.1, 0.15) is 0 Å². The third-order valence-electron chi connectivity index (χ3n) is 8.00. The molecule has 2 aromatic carbocycles. The molecule has 0 radical (unpaired) electrons. The fourth-order valence-electron chi connectivity index (χ4n) is 6.22. The highest BCUT2D eigenvalue weighted by molar-refractivity contribution is 5.95. The second kappa shape index (κ2) is 14.7. The van der Waals surface area contributed by atoms with Crippen LogP contribution in [0.2, 0.25) is 0 Å². The number of hydrogen-bond acceptors (Lipinski definition) is 4. The highest BCUT2D eigenvalue weighted by Crippen LogP contribution is 2.32. The standard InChI is InChI=1S/C35H50N2O3/c1-26(2)39-33-19-18-31(22-34(33)40-27(3)4)35(38)37(23-28(5)21-29-13-8-6-9-14-29)25-32-17-12-20-36(32)24-30-15-10-7-11-16-30/h6,8-9,13-14,18-19,21-22,26-27,30,32H,7,10-12,15-17,20,23-25H2,1-5H3/t32-/m0/s1. The third kappa shape index (κ3) is 8.86. The minimum absolute atomic E-state index is 0.0150. The van der Waals surface area contributed by atoms with Crippen molar-refractivity contribution in [2.45, 2.75) is 97.8 Å². The lowest BCUT2D eigenvalue weighted by Gasteiger charge is -2.34. The zero-order valence-corrected chi connectivity index (χ0v) is 25.4. The Hall–Kier alpha value is -2.79. The molecule has 0 unspecified atom stereocenters. The van der Waals surface area contributed by atoms with Crippen LogP contribution in [0, 0.1) is 5.92 Å². The summed E-state index contributed by atoms with van der Waals surface area (Å²) in [5.74, 6) is 2.17. The highest BCUT2D eigenvalue weighted by Gasteiger charge is 2.31. The zero-order chi connectivity index (χ0) is 28.5. The maximum Gasteiger partial charge on any atom is 0.254 e. The zero-order valence-electron chi connectivity index (χ0n) is 25.4. The molecule has 4 rings (SSSR count). The molecular formula is C35H50N2O3. The first kappa shape index (κ1) is 30.2.